The first-order chi connectivity index (χ1) is 18.3. The number of hydrazone groups is 1. The van der Waals surface area contributed by atoms with Crippen molar-refractivity contribution in [2.24, 2.45) is 5.10 Å². The highest BCUT2D eigenvalue weighted by Crippen LogP contribution is 2.28. The van der Waals surface area contributed by atoms with E-state index in [4.69, 9.17) is 9.47 Å². The number of methoxy groups -OCH3 is 1. The molecule has 200 valence electrons. The Bertz CT molecular complexity index is 1350. The predicted molar refractivity (Wildman–Crippen MR) is 146 cm³/mol. The van der Waals surface area contributed by atoms with Crippen molar-refractivity contribution < 1.29 is 22.7 Å². The van der Waals surface area contributed by atoms with Crippen LogP contribution in [0.15, 0.2) is 82.8 Å². The maximum absolute atomic E-state index is 12.9. The summed E-state index contributed by atoms with van der Waals surface area (Å²) in [6.07, 6.45) is 1.54. The third kappa shape index (κ3) is 7.18. The van der Waals surface area contributed by atoms with Gasteiger partial charge in [0.2, 0.25) is 10.0 Å². The summed E-state index contributed by atoms with van der Waals surface area (Å²) in [7, 11) is -1.96. The third-order valence-electron chi connectivity index (χ3n) is 6.18. The molecule has 0 atom stereocenters. The minimum absolute atomic E-state index is 0.129. The molecule has 1 N–H and O–H groups in total. The van der Waals surface area contributed by atoms with Crippen molar-refractivity contribution in [3.05, 3.63) is 89.5 Å². The molecule has 0 unspecified atom stereocenters. The monoisotopic (exact) mass is 536 g/mol. The molecule has 0 bridgehead atoms. The number of hydrogen-bond donors (Lipinski definition) is 1. The molecule has 38 heavy (non-hydrogen) atoms. The van der Waals surface area contributed by atoms with E-state index in [0.717, 1.165) is 16.7 Å². The standard InChI is InChI=1S/C28H32N4O5S/c1-22-8-11-25(12-9-22)38(34,35)32-16-14-31(15-17-32)20-28(33)30-29-19-24-10-13-26(36-2)27(18-24)37-21-23-6-4-3-5-7-23/h3-13,18-19H,14-17,20-21H2,1-2H3,(H,30,33)/b29-19-. The average Bonchev–Trinajstić information content (AvgIpc) is 2.93. The number of nitrogens with zero attached hydrogens (tertiary/aromatic N) is 3. The van der Waals surface area contributed by atoms with Gasteiger partial charge in [-0.2, -0.15) is 9.41 Å². The number of carbonyl (C=O) groups is 1. The minimum Gasteiger partial charge on any atom is -0.493 e. The third-order valence-corrected chi connectivity index (χ3v) is 8.10. The van der Waals surface area contributed by atoms with Gasteiger partial charge in [0.25, 0.3) is 5.91 Å². The van der Waals surface area contributed by atoms with Gasteiger partial charge in [0.05, 0.1) is 24.8 Å². The van der Waals surface area contributed by atoms with E-state index in [1.54, 1.807) is 49.7 Å². The fraction of sp³-hybridized carbons (Fsp3) is 0.286. The van der Waals surface area contributed by atoms with E-state index < -0.39 is 10.0 Å². The van der Waals surface area contributed by atoms with Crippen LogP contribution in [0.5, 0.6) is 11.5 Å². The van der Waals surface area contributed by atoms with Crippen LogP contribution >= 0.6 is 0 Å². The number of piperazine rings is 1. The Morgan fingerprint density at radius 3 is 2.37 bits per heavy atom. The van der Waals surface area contributed by atoms with Gasteiger partial charge < -0.3 is 9.47 Å². The van der Waals surface area contributed by atoms with Crippen molar-refractivity contribution in [2.45, 2.75) is 18.4 Å². The van der Waals surface area contributed by atoms with Crippen LogP contribution in [0.3, 0.4) is 0 Å². The number of nitrogens with one attached hydrogen (secondary N) is 1. The van der Waals surface area contributed by atoms with Crippen molar-refractivity contribution in [1.29, 1.82) is 0 Å². The van der Waals surface area contributed by atoms with E-state index >= 15 is 0 Å². The summed E-state index contributed by atoms with van der Waals surface area (Å²) in [5.74, 6) is 0.904. The molecule has 1 saturated heterocycles. The summed E-state index contributed by atoms with van der Waals surface area (Å²) in [5, 5.41) is 4.07. The smallest absolute Gasteiger partial charge is 0.254 e. The molecule has 0 spiro atoms. The number of aryl methyl sites for hydroxylation is 1. The number of benzene rings is 3. The van der Waals surface area contributed by atoms with Gasteiger partial charge in [-0.1, -0.05) is 48.0 Å². The van der Waals surface area contributed by atoms with Crippen LogP contribution in [0.4, 0.5) is 0 Å². The highest BCUT2D eigenvalue weighted by Gasteiger charge is 2.28. The van der Waals surface area contributed by atoms with Gasteiger partial charge in [-0.25, -0.2) is 13.8 Å². The second kappa shape index (κ2) is 12.7. The molecule has 1 heterocycles. The average molecular weight is 537 g/mol. The molecule has 3 aromatic carbocycles. The molecule has 1 aliphatic heterocycles. The van der Waals surface area contributed by atoms with Crippen LogP contribution in [-0.2, 0) is 21.4 Å². The maximum Gasteiger partial charge on any atom is 0.254 e. The summed E-state index contributed by atoms with van der Waals surface area (Å²) in [6, 6.07) is 22.1. The second-order valence-electron chi connectivity index (χ2n) is 8.97. The van der Waals surface area contributed by atoms with Gasteiger partial charge in [0.15, 0.2) is 11.5 Å². The van der Waals surface area contributed by atoms with Crippen LogP contribution in [0.1, 0.15) is 16.7 Å². The summed E-state index contributed by atoms with van der Waals surface area (Å²) in [4.78, 5) is 14.6. The fourth-order valence-electron chi connectivity index (χ4n) is 4.03. The Hall–Kier alpha value is -3.73. The van der Waals surface area contributed by atoms with Crippen LogP contribution in [0, 0.1) is 6.92 Å². The van der Waals surface area contributed by atoms with Crippen molar-refractivity contribution in [1.82, 2.24) is 14.6 Å². The Balaban J connectivity index is 1.26. The molecule has 10 heteroatoms. The van der Waals surface area contributed by atoms with Crippen molar-refractivity contribution in [3.8, 4) is 11.5 Å². The lowest BCUT2D eigenvalue weighted by Crippen LogP contribution is -2.50. The molecule has 4 rings (SSSR count). The van der Waals surface area contributed by atoms with Crippen molar-refractivity contribution in [3.63, 3.8) is 0 Å². The molecular weight excluding hydrogens is 504 g/mol. The summed E-state index contributed by atoms with van der Waals surface area (Å²) >= 11 is 0. The first kappa shape index (κ1) is 27.3. The molecular formula is C28H32N4O5S. The highest BCUT2D eigenvalue weighted by molar-refractivity contribution is 7.89. The molecule has 3 aromatic rings. The van der Waals surface area contributed by atoms with E-state index in [1.165, 1.54) is 4.31 Å². The van der Waals surface area contributed by atoms with Gasteiger partial charge in [0, 0.05) is 26.2 Å². The predicted octanol–water partition coefficient (Wildman–Crippen LogP) is 3.04. The summed E-state index contributed by atoms with van der Waals surface area (Å²) < 4.78 is 38.5. The lowest BCUT2D eigenvalue weighted by molar-refractivity contribution is -0.122. The zero-order valence-corrected chi connectivity index (χ0v) is 22.4. The van der Waals surface area contributed by atoms with E-state index in [-0.39, 0.29) is 17.3 Å². The Morgan fingerprint density at radius 2 is 1.68 bits per heavy atom. The molecule has 0 saturated carbocycles. The minimum atomic E-state index is -3.54. The Morgan fingerprint density at radius 1 is 0.974 bits per heavy atom. The summed E-state index contributed by atoms with van der Waals surface area (Å²) in [5.41, 5.74) is 5.32. The van der Waals surface area contributed by atoms with E-state index in [1.807, 2.05) is 48.2 Å². The lowest BCUT2D eigenvalue weighted by atomic mass is 10.2. The number of rotatable bonds is 10. The number of carbonyl (C=O) groups excluding carboxylic acids is 1. The molecule has 1 fully saturated rings. The molecule has 0 aromatic heterocycles. The van der Waals surface area contributed by atoms with Gasteiger partial charge in [-0.15, -0.1) is 0 Å². The highest BCUT2D eigenvalue weighted by atomic mass is 32.2. The lowest BCUT2D eigenvalue weighted by Gasteiger charge is -2.33. The van der Waals surface area contributed by atoms with Gasteiger partial charge in [-0.3, -0.25) is 9.69 Å². The molecule has 1 amide bonds. The Kier molecular flexibility index (Phi) is 9.11. The molecule has 0 radical (unpaired) electrons. The molecule has 9 nitrogen and oxygen atoms in total. The first-order valence-corrected chi connectivity index (χ1v) is 13.7. The molecule has 0 aliphatic carbocycles. The van der Waals surface area contributed by atoms with Gasteiger partial charge in [0.1, 0.15) is 6.61 Å². The first-order valence-electron chi connectivity index (χ1n) is 12.3. The zero-order valence-electron chi connectivity index (χ0n) is 21.5. The number of ether oxygens (including phenoxy) is 2. The summed E-state index contributed by atoms with van der Waals surface area (Å²) in [6.45, 7) is 4.01. The SMILES string of the molecule is COc1ccc(/C=N\NC(=O)CN2CCN(S(=O)(=O)c3ccc(C)cc3)CC2)cc1OCc1ccccc1. The second-order valence-corrected chi connectivity index (χ2v) is 10.9. The van der Waals surface area contributed by atoms with Crippen LogP contribution in [-0.4, -0.2) is 69.6 Å². The quantitative estimate of drug-likeness (QED) is 0.316. The van der Waals surface area contributed by atoms with Crippen LogP contribution in [0.25, 0.3) is 0 Å². The van der Waals surface area contributed by atoms with E-state index in [2.05, 4.69) is 10.5 Å². The fourth-order valence-corrected chi connectivity index (χ4v) is 5.45. The number of amides is 1. The van der Waals surface area contributed by atoms with Crippen molar-refractivity contribution in [2.75, 3.05) is 39.8 Å². The topological polar surface area (TPSA) is 101 Å². The zero-order chi connectivity index (χ0) is 27.0. The maximum atomic E-state index is 12.9. The molecule has 1 aliphatic rings. The van der Waals surface area contributed by atoms with Crippen LogP contribution < -0.4 is 14.9 Å². The number of hydrogen-bond acceptors (Lipinski definition) is 7. The normalized spacial score (nSPS) is 14.9. The Labute approximate surface area is 223 Å². The van der Waals surface area contributed by atoms with Crippen molar-refractivity contribution >= 4 is 22.1 Å². The van der Waals surface area contributed by atoms with Crippen LogP contribution in [0.2, 0.25) is 0 Å². The number of sulfonamides is 1. The van der Waals surface area contributed by atoms with Gasteiger partial charge >= 0.3 is 0 Å². The largest absolute Gasteiger partial charge is 0.493 e. The van der Waals surface area contributed by atoms with E-state index in [9.17, 15) is 13.2 Å². The van der Waals surface area contributed by atoms with Gasteiger partial charge in [-0.05, 0) is 48.4 Å². The van der Waals surface area contributed by atoms with E-state index in [0.29, 0.717) is 44.3 Å².